The van der Waals surface area contributed by atoms with Crippen LogP contribution in [0.2, 0.25) is 0 Å². The van der Waals surface area contributed by atoms with Gasteiger partial charge in [-0.25, -0.2) is 4.99 Å². The number of hydroxylamine groups is 1. The fraction of sp³-hybridized carbons (Fsp3) is 0.200. The molecular formula is C25H22IN3O4. The molecule has 0 saturated carbocycles. The third-order valence-electron chi connectivity index (χ3n) is 5.83. The summed E-state index contributed by atoms with van der Waals surface area (Å²) in [6, 6.07) is 13.1. The van der Waals surface area contributed by atoms with Crippen LogP contribution in [0.15, 0.2) is 72.0 Å². The molecule has 0 saturated heterocycles. The lowest BCUT2D eigenvalue weighted by atomic mass is 9.90. The van der Waals surface area contributed by atoms with E-state index in [0.717, 1.165) is 26.7 Å². The van der Waals surface area contributed by atoms with Crippen molar-refractivity contribution in [3.05, 3.63) is 81.7 Å². The molecule has 0 aromatic heterocycles. The smallest absolute Gasteiger partial charge is 0.256 e. The highest BCUT2D eigenvalue weighted by Gasteiger charge is 2.39. The number of nitrogens with zero attached hydrogens (tertiary/aromatic N) is 2. The van der Waals surface area contributed by atoms with E-state index in [1.54, 1.807) is 25.3 Å². The van der Waals surface area contributed by atoms with Crippen molar-refractivity contribution >= 4 is 45.7 Å². The summed E-state index contributed by atoms with van der Waals surface area (Å²) in [6.07, 6.45) is 8.22. The number of ether oxygens (including phenoxy) is 2. The van der Waals surface area contributed by atoms with Gasteiger partial charge in [-0.15, -0.1) is 5.48 Å². The molecule has 3 heterocycles. The van der Waals surface area contributed by atoms with Gasteiger partial charge in [-0.1, -0.05) is 24.3 Å². The maximum Gasteiger partial charge on any atom is 0.256 e. The molecule has 7 nitrogen and oxygen atoms in total. The Hall–Kier alpha value is -3.11. The van der Waals surface area contributed by atoms with E-state index in [9.17, 15) is 4.79 Å². The number of benzene rings is 2. The van der Waals surface area contributed by atoms with Crippen LogP contribution in [0.25, 0.3) is 11.3 Å². The zero-order chi connectivity index (χ0) is 22.9. The second-order valence-corrected chi connectivity index (χ2v) is 9.01. The first-order chi connectivity index (χ1) is 16.1. The molecule has 0 radical (unpaired) electrons. The predicted molar refractivity (Wildman–Crippen MR) is 134 cm³/mol. The van der Waals surface area contributed by atoms with Gasteiger partial charge in [0.1, 0.15) is 11.9 Å². The molecule has 1 amide bonds. The molecule has 0 spiro atoms. The molecule has 33 heavy (non-hydrogen) atoms. The second kappa shape index (κ2) is 9.03. The number of amidine groups is 1. The van der Waals surface area contributed by atoms with Gasteiger partial charge in [-0.3, -0.25) is 9.69 Å². The fourth-order valence-electron chi connectivity index (χ4n) is 4.20. The Morgan fingerprint density at radius 3 is 2.79 bits per heavy atom. The first kappa shape index (κ1) is 21.7. The van der Waals surface area contributed by atoms with E-state index < -0.39 is 6.04 Å². The first-order valence-electron chi connectivity index (χ1n) is 10.5. The van der Waals surface area contributed by atoms with E-state index in [2.05, 4.69) is 33.1 Å². The summed E-state index contributed by atoms with van der Waals surface area (Å²) in [5.74, 6) is 2.48. The van der Waals surface area contributed by atoms with Crippen LogP contribution in [0.4, 0.5) is 0 Å². The number of hydrogen-bond donors (Lipinski definition) is 1. The Bertz CT molecular complexity index is 1230. The van der Waals surface area contributed by atoms with Gasteiger partial charge in [0.2, 0.25) is 0 Å². The summed E-state index contributed by atoms with van der Waals surface area (Å²) >= 11 is 2.25. The van der Waals surface area contributed by atoms with Gasteiger partial charge in [0, 0.05) is 27.5 Å². The van der Waals surface area contributed by atoms with Crippen molar-refractivity contribution in [2.24, 2.45) is 10.9 Å². The van der Waals surface area contributed by atoms with Crippen molar-refractivity contribution in [1.82, 2.24) is 10.4 Å². The Balaban J connectivity index is 1.46. The molecule has 0 aliphatic carbocycles. The SMILES string of the molecule is COc1ccc(C2=CN(C(=O)C3C=C(c4cccc(I)c4)ON3)C3=NC=CCC23)cc1OC. The van der Waals surface area contributed by atoms with Crippen LogP contribution in [0.1, 0.15) is 17.5 Å². The molecular weight excluding hydrogens is 533 g/mol. The van der Waals surface area contributed by atoms with Crippen molar-refractivity contribution in [2.45, 2.75) is 12.5 Å². The maximum absolute atomic E-state index is 13.5. The van der Waals surface area contributed by atoms with E-state index in [4.69, 9.17) is 14.3 Å². The Morgan fingerprint density at radius 1 is 1.15 bits per heavy atom. The van der Waals surface area contributed by atoms with E-state index >= 15 is 0 Å². The average molecular weight is 555 g/mol. The molecule has 0 fully saturated rings. The summed E-state index contributed by atoms with van der Waals surface area (Å²) in [5.41, 5.74) is 5.75. The lowest BCUT2D eigenvalue weighted by Crippen LogP contribution is -2.43. The number of methoxy groups -OCH3 is 2. The highest BCUT2D eigenvalue weighted by Crippen LogP contribution is 2.40. The number of carbonyl (C=O) groups is 1. The van der Waals surface area contributed by atoms with E-state index in [1.165, 1.54) is 0 Å². The largest absolute Gasteiger partial charge is 0.493 e. The molecule has 2 atom stereocenters. The zero-order valence-corrected chi connectivity index (χ0v) is 20.3. The van der Waals surface area contributed by atoms with Gasteiger partial charge >= 0.3 is 0 Å². The molecule has 168 valence electrons. The standard InChI is InChI=1S/C25H22IN3O4/c1-31-21-9-8-15(12-23(21)32-2)19-14-29(24-18(19)7-4-10-27-24)25(30)20-13-22(33-28-20)16-5-3-6-17(26)11-16/h3-6,8-14,18,20,28H,7H2,1-2H3. The van der Waals surface area contributed by atoms with Gasteiger partial charge in [0.25, 0.3) is 5.91 Å². The number of fused-ring (bicyclic) bond motifs is 1. The fourth-order valence-corrected chi connectivity index (χ4v) is 4.74. The number of carbonyl (C=O) groups excluding carboxylic acids is 1. The highest BCUT2D eigenvalue weighted by molar-refractivity contribution is 14.1. The van der Waals surface area contributed by atoms with Crippen LogP contribution < -0.4 is 15.0 Å². The van der Waals surface area contributed by atoms with Crippen LogP contribution in [0.3, 0.4) is 0 Å². The molecule has 2 aromatic carbocycles. The van der Waals surface area contributed by atoms with Gasteiger partial charge in [-0.2, -0.15) is 0 Å². The first-order valence-corrected chi connectivity index (χ1v) is 11.6. The zero-order valence-electron chi connectivity index (χ0n) is 18.1. The second-order valence-electron chi connectivity index (χ2n) is 7.76. The minimum atomic E-state index is -0.617. The third kappa shape index (κ3) is 4.04. The molecule has 2 unspecified atom stereocenters. The van der Waals surface area contributed by atoms with Crippen LogP contribution in [-0.2, 0) is 9.63 Å². The van der Waals surface area contributed by atoms with Crippen molar-refractivity contribution < 1.29 is 19.1 Å². The topological polar surface area (TPSA) is 72.4 Å². The maximum atomic E-state index is 13.5. The van der Waals surface area contributed by atoms with Gasteiger partial charge < -0.3 is 14.3 Å². The van der Waals surface area contributed by atoms with Crippen molar-refractivity contribution in [3.63, 3.8) is 0 Å². The minimum Gasteiger partial charge on any atom is -0.493 e. The third-order valence-corrected chi connectivity index (χ3v) is 6.50. The number of halogens is 1. The summed E-state index contributed by atoms with van der Waals surface area (Å²) in [7, 11) is 3.22. The summed E-state index contributed by atoms with van der Waals surface area (Å²) in [4.78, 5) is 25.3. The van der Waals surface area contributed by atoms with Crippen molar-refractivity contribution in [1.29, 1.82) is 0 Å². The molecule has 5 rings (SSSR count). The van der Waals surface area contributed by atoms with Crippen molar-refractivity contribution in [2.75, 3.05) is 14.2 Å². The number of rotatable bonds is 5. The number of allylic oxidation sites excluding steroid dienone is 1. The van der Waals surface area contributed by atoms with E-state index in [-0.39, 0.29) is 11.8 Å². The van der Waals surface area contributed by atoms with Crippen LogP contribution >= 0.6 is 22.6 Å². The molecule has 3 aliphatic heterocycles. The molecule has 1 N–H and O–H groups in total. The minimum absolute atomic E-state index is 0.0153. The summed E-state index contributed by atoms with van der Waals surface area (Å²) in [6.45, 7) is 0. The number of aliphatic imine (C=N–C) groups is 1. The molecule has 0 bridgehead atoms. The van der Waals surface area contributed by atoms with Crippen LogP contribution in [-0.4, -0.2) is 36.9 Å². The summed E-state index contributed by atoms with van der Waals surface area (Å²) < 4.78 is 11.9. The van der Waals surface area contributed by atoms with E-state index in [0.29, 0.717) is 23.1 Å². The van der Waals surface area contributed by atoms with E-state index in [1.807, 2.05) is 60.8 Å². The molecule has 2 aromatic rings. The molecule has 3 aliphatic rings. The number of hydrogen-bond acceptors (Lipinski definition) is 6. The van der Waals surface area contributed by atoms with Crippen molar-refractivity contribution in [3.8, 4) is 11.5 Å². The van der Waals surface area contributed by atoms with Gasteiger partial charge in [0.15, 0.2) is 17.3 Å². The lowest BCUT2D eigenvalue weighted by Gasteiger charge is -2.22. The molecule has 8 heteroatoms. The quantitative estimate of drug-likeness (QED) is 0.556. The lowest BCUT2D eigenvalue weighted by molar-refractivity contribution is -0.127. The summed E-state index contributed by atoms with van der Waals surface area (Å²) in [5, 5.41) is 0. The van der Waals surface area contributed by atoms with Crippen LogP contribution in [0, 0.1) is 9.49 Å². The highest BCUT2D eigenvalue weighted by atomic mass is 127. The average Bonchev–Trinajstić information content (AvgIpc) is 3.49. The number of amides is 1. The Kier molecular flexibility index (Phi) is 5.94. The Morgan fingerprint density at radius 2 is 2.00 bits per heavy atom. The number of nitrogens with one attached hydrogen (secondary N) is 1. The predicted octanol–water partition coefficient (Wildman–Crippen LogP) is 4.37. The van der Waals surface area contributed by atoms with Gasteiger partial charge in [-0.05, 0) is 70.5 Å². The normalized spacial score (nSPS) is 21.1. The van der Waals surface area contributed by atoms with Gasteiger partial charge in [0.05, 0.1) is 14.2 Å². The monoisotopic (exact) mass is 555 g/mol. The van der Waals surface area contributed by atoms with Crippen LogP contribution in [0.5, 0.6) is 11.5 Å². The Labute approximate surface area is 205 Å².